The van der Waals surface area contributed by atoms with Crippen molar-refractivity contribution in [2.45, 2.75) is 18.7 Å². The highest BCUT2D eigenvalue weighted by Crippen LogP contribution is 2.32. The van der Waals surface area contributed by atoms with E-state index in [9.17, 15) is 4.79 Å². The molecule has 0 amide bonds. The quantitative estimate of drug-likeness (QED) is 0.683. The molecular weight excluding hydrogens is 327 g/mol. The highest BCUT2D eigenvalue weighted by molar-refractivity contribution is 7.17. The van der Waals surface area contributed by atoms with Gasteiger partial charge in [-0.2, -0.15) is 0 Å². The van der Waals surface area contributed by atoms with E-state index in [-0.39, 0.29) is 10.9 Å². The summed E-state index contributed by atoms with van der Waals surface area (Å²) in [7, 11) is 0. The highest BCUT2D eigenvalue weighted by Gasteiger charge is 2.15. The highest BCUT2D eigenvalue weighted by atomic mass is 35.5. The van der Waals surface area contributed by atoms with Crippen LogP contribution in [0.4, 0.5) is 0 Å². The molecule has 0 aliphatic heterocycles. The molecule has 1 unspecified atom stereocenters. The Morgan fingerprint density at radius 1 is 1.33 bits per heavy atom. The van der Waals surface area contributed by atoms with E-state index < -0.39 is 0 Å². The Hall–Kier alpha value is -1.36. The lowest BCUT2D eigenvalue weighted by molar-refractivity contribution is 0.807. The topological polar surface area (TPSA) is 45.8 Å². The number of fused-ring (bicyclic) bond motifs is 1. The van der Waals surface area contributed by atoms with Gasteiger partial charge in [-0.25, -0.2) is 4.98 Å². The summed E-state index contributed by atoms with van der Waals surface area (Å²) in [6.45, 7) is 1.95. The van der Waals surface area contributed by atoms with Gasteiger partial charge in [0.25, 0.3) is 5.56 Å². The molecule has 1 aromatic carbocycles. The second-order valence-electron chi connectivity index (χ2n) is 4.66. The van der Waals surface area contributed by atoms with Crippen LogP contribution in [0.3, 0.4) is 0 Å². The number of halogens is 2. The number of H-pyrrole nitrogens is 1. The maximum Gasteiger partial charge on any atom is 0.260 e. The van der Waals surface area contributed by atoms with E-state index in [1.807, 2.05) is 36.6 Å². The summed E-state index contributed by atoms with van der Waals surface area (Å²) in [5, 5.41) is 2.93. The SMILES string of the molecule is CCC(Cl)c1nc2scc(-c3ccc(Cl)cc3)c2c(=O)[nH]1. The van der Waals surface area contributed by atoms with Crippen molar-refractivity contribution >= 4 is 44.8 Å². The smallest absolute Gasteiger partial charge is 0.260 e. The Morgan fingerprint density at radius 3 is 2.71 bits per heavy atom. The van der Waals surface area contributed by atoms with Crippen molar-refractivity contribution in [2.75, 3.05) is 0 Å². The van der Waals surface area contributed by atoms with Crippen LogP contribution in [0.1, 0.15) is 24.5 Å². The van der Waals surface area contributed by atoms with Gasteiger partial charge in [-0.15, -0.1) is 22.9 Å². The molecule has 0 bridgehead atoms. The van der Waals surface area contributed by atoms with Crippen LogP contribution < -0.4 is 5.56 Å². The van der Waals surface area contributed by atoms with Crippen LogP contribution in [0.15, 0.2) is 34.4 Å². The third kappa shape index (κ3) is 2.71. The van der Waals surface area contributed by atoms with Gasteiger partial charge in [0.05, 0.1) is 10.8 Å². The lowest BCUT2D eigenvalue weighted by Crippen LogP contribution is -2.12. The van der Waals surface area contributed by atoms with E-state index in [2.05, 4.69) is 9.97 Å². The second-order valence-corrected chi connectivity index (χ2v) is 6.48. The second kappa shape index (κ2) is 5.79. The zero-order valence-electron chi connectivity index (χ0n) is 11.2. The number of nitrogens with one attached hydrogen (secondary N) is 1. The number of benzene rings is 1. The van der Waals surface area contributed by atoms with Crippen molar-refractivity contribution in [1.29, 1.82) is 0 Å². The van der Waals surface area contributed by atoms with Crippen molar-refractivity contribution < 1.29 is 0 Å². The number of alkyl halides is 1. The number of nitrogens with zero attached hydrogens (tertiary/aromatic N) is 1. The average Bonchev–Trinajstić information content (AvgIpc) is 2.91. The first kappa shape index (κ1) is 14.6. The van der Waals surface area contributed by atoms with Crippen LogP contribution in [0.25, 0.3) is 21.3 Å². The zero-order chi connectivity index (χ0) is 15.0. The van der Waals surface area contributed by atoms with Crippen LogP contribution in [0, 0.1) is 0 Å². The fraction of sp³-hybridized carbons (Fsp3) is 0.200. The summed E-state index contributed by atoms with van der Waals surface area (Å²) in [5.74, 6) is 0.529. The minimum absolute atomic E-state index is 0.152. The number of hydrogen-bond donors (Lipinski definition) is 1. The molecule has 0 saturated carbocycles. The van der Waals surface area contributed by atoms with E-state index in [1.165, 1.54) is 11.3 Å². The van der Waals surface area contributed by atoms with Gasteiger partial charge in [-0.1, -0.05) is 30.7 Å². The molecule has 0 spiro atoms. The summed E-state index contributed by atoms with van der Waals surface area (Å²) in [4.78, 5) is 20.3. The normalized spacial score (nSPS) is 12.7. The number of aromatic nitrogens is 2. The van der Waals surface area contributed by atoms with E-state index in [0.717, 1.165) is 11.1 Å². The molecule has 0 fully saturated rings. The maximum absolute atomic E-state index is 12.4. The van der Waals surface area contributed by atoms with E-state index in [0.29, 0.717) is 27.5 Å². The summed E-state index contributed by atoms with van der Waals surface area (Å²) >= 11 is 13.5. The first-order valence-corrected chi connectivity index (χ1v) is 8.21. The van der Waals surface area contributed by atoms with Crippen LogP contribution in [0.2, 0.25) is 5.02 Å². The summed E-state index contributed by atoms with van der Waals surface area (Å²) in [6.07, 6.45) is 0.714. The van der Waals surface area contributed by atoms with Crippen molar-refractivity contribution in [1.82, 2.24) is 9.97 Å². The number of aromatic amines is 1. The lowest BCUT2D eigenvalue weighted by Gasteiger charge is -2.05. The molecular formula is C15H12Cl2N2OS. The van der Waals surface area contributed by atoms with Gasteiger partial charge in [0.2, 0.25) is 0 Å². The third-order valence-corrected chi connectivity index (χ3v) is 4.91. The largest absolute Gasteiger partial charge is 0.309 e. The van der Waals surface area contributed by atoms with Gasteiger partial charge in [-0.05, 0) is 24.1 Å². The summed E-state index contributed by atoms with van der Waals surface area (Å²) in [6, 6.07) is 7.41. The number of hydrogen-bond acceptors (Lipinski definition) is 3. The van der Waals surface area contributed by atoms with Crippen LogP contribution >= 0.6 is 34.5 Å². The molecule has 2 aromatic heterocycles. The van der Waals surface area contributed by atoms with Gasteiger partial charge in [0, 0.05) is 16.0 Å². The fourth-order valence-corrected chi connectivity index (χ4v) is 3.33. The zero-order valence-corrected chi connectivity index (χ0v) is 13.5. The Bertz CT molecular complexity index is 839. The van der Waals surface area contributed by atoms with Gasteiger partial charge in [-0.3, -0.25) is 4.79 Å². The number of thiophene rings is 1. The molecule has 21 heavy (non-hydrogen) atoms. The molecule has 108 valence electrons. The van der Waals surface area contributed by atoms with Crippen LogP contribution in [-0.2, 0) is 0 Å². The summed E-state index contributed by atoms with van der Waals surface area (Å²) in [5.41, 5.74) is 1.67. The summed E-state index contributed by atoms with van der Waals surface area (Å²) < 4.78 is 0. The first-order chi connectivity index (χ1) is 10.1. The lowest BCUT2D eigenvalue weighted by atomic mass is 10.1. The fourth-order valence-electron chi connectivity index (χ4n) is 2.15. The van der Waals surface area contributed by atoms with E-state index in [1.54, 1.807) is 0 Å². The Kier molecular flexibility index (Phi) is 4.02. The molecule has 6 heteroatoms. The molecule has 2 heterocycles. The van der Waals surface area contributed by atoms with E-state index in [4.69, 9.17) is 23.2 Å². The molecule has 3 aromatic rings. The Balaban J connectivity index is 2.19. The predicted octanol–water partition coefficient (Wildman–Crippen LogP) is 4.99. The monoisotopic (exact) mass is 338 g/mol. The number of rotatable bonds is 3. The first-order valence-electron chi connectivity index (χ1n) is 6.51. The molecule has 0 aliphatic carbocycles. The van der Waals surface area contributed by atoms with Crippen molar-refractivity contribution in [3.63, 3.8) is 0 Å². The Morgan fingerprint density at radius 2 is 2.05 bits per heavy atom. The maximum atomic E-state index is 12.4. The van der Waals surface area contributed by atoms with Crippen LogP contribution in [0.5, 0.6) is 0 Å². The molecule has 0 radical (unpaired) electrons. The molecule has 1 atom stereocenters. The van der Waals surface area contributed by atoms with E-state index >= 15 is 0 Å². The minimum atomic E-state index is -0.275. The van der Waals surface area contributed by atoms with Gasteiger partial charge < -0.3 is 4.98 Å². The van der Waals surface area contributed by atoms with Crippen molar-refractivity contribution in [3.8, 4) is 11.1 Å². The standard InChI is InChI=1S/C15H12Cl2N2OS/c1-2-11(17)13-18-14(20)12-10(7-21-15(12)19-13)8-3-5-9(16)6-4-8/h3-7,11H,2H2,1H3,(H,18,19,20). The van der Waals surface area contributed by atoms with Gasteiger partial charge in [0.15, 0.2) is 0 Å². The molecule has 3 rings (SSSR count). The van der Waals surface area contributed by atoms with Gasteiger partial charge >= 0.3 is 0 Å². The average molecular weight is 339 g/mol. The minimum Gasteiger partial charge on any atom is -0.309 e. The molecule has 0 aliphatic rings. The predicted molar refractivity (Wildman–Crippen MR) is 89.6 cm³/mol. The van der Waals surface area contributed by atoms with Crippen LogP contribution in [-0.4, -0.2) is 9.97 Å². The molecule has 3 nitrogen and oxygen atoms in total. The third-order valence-electron chi connectivity index (χ3n) is 3.27. The van der Waals surface area contributed by atoms with Crippen molar-refractivity contribution in [2.24, 2.45) is 0 Å². The Labute approximate surface area is 135 Å². The van der Waals surface area contributed by atoms with Crippen molar-refractivity contribution in [3.05, 3.63) is 50.8 Å². The molecule has 0 saturated heterocycles. The molecule has 1 N–H and O–H groups in total. The van der Waals surface area contributed by atoms with Gasteiger partial charge in [0.1, 0.15) is 10.7 Å².